The number of rotatable bonds is 11. The van der Waals surface area contributed by atoms with E-state index in [4.69, 9.17) is 35.3 Å². The van der Waals surface area contributed by atoms with Crippen molar-refractivity contribution < 1.29 is 57.9 Å². The molecule has 8 atom stereocenters. The van der Waals surface area contributed by atoms with Crippen LogP contribution in [0.3, 0.4) is 0 Å². The fraction of sp³-hybridized carbons (Fsp3) is 0.491. The maximum atomic E-state index is 14.5. The number of anilines is 1. The first kappa shape index (κ1) is 51.9. The quantitative estimate of drug-likeness (QED) is 0.130. The largest absolute Gasteiger partial charge is 0.495 e. The van der Waals surface area contributed by atoms with E-state index in [1.54, 1.807) is 52.2 Å². The number of fused-ring (bicyclic) bond motifs is 8. The number of methoxy groups -OCH3 is 2. The maximum Gasteiger partial charge on any atom is 0.409 e. The van der Waals surface area contributed by atoms with E-state index in [1.807, 2.05) is 49.4 Å². The molecule has 2 aliphatic carbocycles. The molecule has 1 saturated carbocycles. The molecule has 0 aromatic heterocycles. The highest BCUT2D eigenvalue weighted by molar-refractivity contribution is 6.35. The summed E-state index contributed by atoms with van der Waals surface area (Å²) in [6, 6.07) is 18.6. The summed E-state index contributed by atoms with van der Waals surface area (Å²) in [5.74, 6) is -2.31. The standard InChI is InChI=1S/C53H65ClN4O12/c1-31-16-14-21-43(67-9)53(65)27-42(69-49(63)55-53)32(2)47(61)51(4)30-52(51,28-45(60)58(7)40-25-34(24-31)26-41(66-8)46(40)54)70-48(62)33(3)57(6)44(59)22-15-23-56(5)50(64)68-29-39-37-19-12-10-17-35(37)36-18-11-13-20-38(36)39/h10-14,16-21,25-26,32-33,39,42-43,47,61,65H,15,22-24,27-30H2,1-9H3,(H,55,63)/b21-14+,31-16+/t32-,33+,42+,43-,47?,51-,52?,53+/m1/s1. The van der Waals surface area contributed by atoms with Crippen molar-refractivity contribution in [3.8, 4) is 16.9 Å². The predicted molar refractivity (Wildman–Crippen MR) is 262 cm³/mol. The topological polar surface area (TPSA) is 194 Å². The first-order chi connectivity index (χ1) is 33.2. The average Bonchev–Trinajstić information content (AvgIpc) is 3.78. The monoisotopic (exact) mass is 984 g/mol. The number of nitrogens with one attached hydrogen (secondary N) is 1. The summed E-state index contributed by atoms with van der Waals surface area (Å²) in [6.07, 6.45) is 0.453. The molecule has 3 aromatic carbocycles. The van der Waals surface area contributed by atoms with Crippen molar-refractivity contribution in [3.05, 3.63) is 106 Å². The number of likely N-dealkylation sites (N-methyl/N-ethyl adjacent to an activating group) is 1. The second kappa shape index (κ2) is 20.8. The molecule has 4 aliphatic rings. The molecule has 4 bridgehead atoms. The van der Waals surface area contributed by atoms with Gasteiger partial charge in [0, 0.05) is 71.3 Å². The molecule has 0 spiro atoms. The van der Waals surface area contributed by atoms with E-state index in [0.717, 1.165) is 33.4 Å². The third-order valence-electron chi connectivity index (χ3n) is 14.9. The number of hydrogen-bond acceptors (Lipinski definition) is 12. The molecule has 376 valence electrons. The minimum Gasteiger partial charge on any atom is -0.495 e. The Balaban J connectivity index is 1.06. The van der Waals surface area contributed by atoms with Gasteiger partial charge in [0.15, 0.2) is 5.72 Å². The molecule has 16 nitrogen and oxygen atoms in total. The Hall–Kier alpha value is -5.94. The van der Waals surface area contributed by atoms with E-state index < -0.39 is 77.5 Å². The Kier molecular flexibility index (Phi) is 15.4. The van der Waals surface area contributed by atoms with Crippen LogP contribution in [0, 0.1) is 11.3 Å². The number of allylic oxidation sites excluding steroid dienone is 3. The predicted octanol–water partition coefficient (Wildman–Crippen LogP) is 7.16. The number of carbonyl (C=O) groups is 5. The molecule has 17 heteroatoms. The molecule has 3 N–H and O–H groups in total. The van der Waals surface area contributed by atoms with Crippen LogP contribution in [0.4, 0.5) is 15.3 Å². The molecule has 0 radical (unpaired) electrons. The zero-order valence-electron chi connectivity index (χ0n) is 41.3. The molecule has 2 fully saturated rings. The molecule has 70 heavy (non-hydrogen) atoms. The Labute approximate surface area is 414 Å². The number of ether oxygens (including phenoxy) is 5. The summed E-state index contributed by atoms with van der Waals surface area (Å²) in [5.41, 5.74) is 1.62. The van der Waals surface area contributed by atoms with Gasteiger partial charge in [-0.15, -0.1) is 0 Å². The van der Waals surface area contributed by atoms with Crippen molar-refractivity contribution in [3.63, 3.8) is 0 Å². The van der Waals surface area contributed by atoms with Crippen LogP contribution >= 0.6 is 11.6 Å². The first-order valence-electron chi connectivity index (χ1n) is 23.6. The van der Waals surface area contributed by atoms with Crippen molar-refractivity contribution in [1.29, 1.82) is 0 Å². The summed E-state index contributed by atoms with van der Waals surface area (Å²) in [7, 11) is 7.50. The van der Waals surface area contributed by atoms with Crippen molar-refractivity contribution in [2.45, 2.75) is 108 Å². The fourth-order valence-corrected chi connectivity index (χ4v) is 10.6. The number of alkyl carbamates (subject to hydrolysis) is 1. The Morgan fingerprint density at radius 1 is 1.04 bits per heavy atom. The van der Waals surface area contributed by atoms with Gasteiger partial charge < -0.3 is 48.6 Å². The number of halogens is 1. The molecular formula is C53H65ClN4O12. The Bertz CT molecular complexity index is 2520. The summed E-state index contributed by atoms with van der Waals surface area (Å²) >= 11 is 6.84. The van der Waals surface area contributed by atoms with Gasteiger partial charge in [0.25, 0.3) is 0 Å². The van der Waals surface area contributed by atoms with Crippen LogP contribution in [0.25, 0.3) is 11.1 Å². The van der Waals surface area contributed by atoms with Gasteiger partial charge in [-0.05, 0) is 66.6 Å². The van der Waals surface area contributed by atoms with Crippen LogP contribution in [0.2, 0.25) is 5.02 Å². The number of carbonyl (C=O) groups excluding carboxylic acids is 5. The molecule has 7 rings (SSSR count). The van der Waals surface area contributed by atoms with E-state index >= 15 is 0 Å². The van der Waals surface area contributed by atoms with Crippen molar-refractivity contribution in [1.82, 2.24) is 15.1 Å². The molecule has 3 aromatic rings. The van der Waals surface area contributed by atoms with Gasteiger partial charge in [0.05, 0.1) is 25.3 Å². The van der Waals surface area contributed by atoms with Crippen LogP contribution in [0.5, 0.6) is 5.75 Å². The number of nitrogens with zero attached hydrogens (tertiary/aromatic N) is 3. The van der Waals surface area contributed by atoms with Crippen LogP contribution in [-0.4, -0.2) is 134 Å². The molecule has 2 aliphatic heterocycles. The lowest BCUT2D eigenvalue weighted by Gasteiger charge is -2.43. The third kappa shape index (κ3) is 10.3. The van der Waals surface area contributed by atoms with Crippen LogP contribution in [-0.2, 0) is 39.8 Å². The van der Waals surface area contributed by atoms with Gasteiger partial charge in [-0.3, -0.25) is 14.9 Å². The lowest BCUT2D eigenvalue weighted by atomic mass is 9.80. The second-order valence-electron chi connectivity index (χ2n) is 19.5. The lowest BCUT2D eigenvalue weighted by Crippen LogP contribution is -2.64. The summed E-state index contributed by atoms with van der Waals surface area (Å²) < 4.78 is 29.0. The zero-order chi connectivity index (χ0) is 50.9. The van der Waals surface area contributed by atoms with Crippen LogP contribution < -0.4 is 15.0 Å². The number of esters is 1. The molecule has 2 heterocycles. The molecular weight excluding hydrogens is 920 g/mol. The average molecular weight is 986 g/mol. The minimum absolute atomic E-state index is 0.00286. The van der Waals surface area contributed by atoms with Gasteiger partial charge in [0.2, 0.25) is 11.8 Å². The van der Waals surface area contributed by atoms with Crippen LogP contribution in [0.1, 0.15) is 82.4 Å². The smallest absolute Gasteiger partial charge is 0.409 e. The number of amides is 4. The second-order valence-corrected chi connectivity index (χ2v) is 19.9. The van der Waals surface area contributed by atoms with Gasteiger partial charge >= 0.3 is 18.2 Å². The van der Waals surface area contributed by atoms with Crippen molar-refractivity contribution in [2.75, 3.05) is 53.4 Å². The number of aliphatic hydroxyl groups is 2. The Morgan fingerprint density at radius 2 is 1.70 bits per heavy atom. The van der Waals surface area contributed by atoms with Gasteiger partial charge in [-0.25, -0.2) is 14.4 Å². The summed E-state index contributed by atoms with van der Waals surface area (Å²) in [6.45, 7) is 7.13. The van der Waals surface area contributed by atoms with Crippen molar-refractivity contribution in [2.24, 2.45) is 11.3 Å². The lowest BCUT2D eigenvalue weighted by molar-refractivity contribution is -0.168. The number of aliphatic hydroxyl groups excluding tert-OH is 1. The van der Waals surface area contributed by atoms with E-state index in [2.05, 4.69) is 17.4 Å². The van der Waals surface area contributed by atoms with E-state index in [0.29, 0.717) is 17.9 Å². The molecule has 2 unspecified atom stereocenters. The van der Waals surface area contributed by atoms with E-state index in [9.17, 15) is 34.2 Å². The van der Waals surface area contributed by atoms with Gasteiger partial charge in [-0.1, -0.05) is 97.8 Å². The third-order valence-corrected chi connectivity index (χ3v) is 15.3. The van der Waals surface area contributed by atoms with E-state index in [1.165, 1.54) is 42.9 Å². The SMILES string of the molecule is COc1cc2cc(c1Cl)N(C)C(=O)CC1(OC(=O)[C@H](C)N(C)C(=O)CCCN(C)C(=O)OCC3c4ccccc4-c4ccccc43)C[C@]1(C)C(O)[C@H](C)[C@@H]1C[C@@](O)(NC(=O)O1)[C@H](OC)/C=C/C=C(\C)C2. The summed E-state index contributed by atoms with van der Waals surface area (Å²) in [5, 5.41) is 26.8. The van der Waals surface area contributed by atoms with Gasteiger partial charge in [-0.2, -0.15) is 0 Å². The Morgan fingerprint density at radius 3 is 2.34 bits per heavy atom. The molecule has 4 amide bonds. The highest BCUT2D eigenvalue weighted by atomic mass is 35.5. The first-order valence-corrected chi connectivity index (χ1v) is 24.0. The number of hydrogen-bond donors (Lipinski definition) is 3. The minimum atomic E-state index is -1.93. The van der Waals surface area contributed by atoms with Crippen LogP contribution in [0.15, 0.2) is 84.5 Å². The molecule has 1 saturated heterocycles. The maximum absolute atomic E-state index is 14.5. The zero-order valence-corrected chi connectivity index (χ0v) is 42.1. The number of benzene rings is 3. The van der Waals surface area contributed by atoms with Crippen molar-refractivity contribution >= 4 is 47.3 Å². The highest BCUT2D eigenvalue weighted by Gasteiger charge is 2.73. The summed E-state index contributed by atoms with van der Waals surface area (Å²) in [4.78, 5) is 72.6. The highest BCUT2D eigenvalue weighted by Crippen LogP contribution is 2.65. The van der Waals surface area contributed by atoms with Gasteiger partial charge in [0.1, 0.15) is 41.2 Å². The fourth-order valence-electron chi connectivity index (χ4n) is 10.2. The normalized spacial score (nSPS) is 28.1. The van der Waals surface area contributed by atoms with E-state index in [-0.39, 0.29) is 55.7 Å².